The summed E-state index contributed by atoms with van der Waals surface area (Å²) in [6.45, 7) is 3.90. The van der Waals surface area contributed by atoms with E-state index in [1.54, 1.807) is 0 Å². The molecule has 1 amide bonds. The highest BCUT2D eigenvalue weighted by molar-refractivity contribution is 5.95. The second-order valence-electron chi connectivity index (χ2n) is 5.06. The third-order valence-electron chi connectivity index (χ3n) is 3.34. The van der Waals surface area contributed by atoms with E-state index in [1.165, 1.54) is 12.1 Å². The molecule has 1 unspecified atom stereocenters. The lowest BCUT2D eigenvalue weighted by atomic mass is 9.95. The fraction of sp³-hybridized carbons (Fsp3) is 0.462. The molecule has 0 fully saturated rings. The summed E-state index contributed by atoms with van der Waals surface area (Å²) in [5.74, 6) is -0.0868. The molecule has 0 radical (unpaired) electrons. The Hall–Kier alpha value is -2.35. The van der Waals surface area contributed by atoms with Crippen molar-refractivity contribution in [3.63, 3.8) is 0 Å². The van der Waals surface area contributed by atoms with Crippen molar-refractivity contribution in [2.24, 2.45) is 17.6 Å². The fourth-order valence-corrected chi connectivity index (χ4v) is 2.09. The molecule has 0 spiro atoms. The Labute approximate surface area is 121 Å². The molecule has 2 rings (SSSR count). The average Bonchev–Trinajstić information content (AvgIpc) is 2.84. The number of benzene rings is 1. The van der Waals surface area contributed by atoms with Gasteiger partial charge in [-0.1, -0.05) is 13.8 Å². The minimum atomic E-state index is -0.579. The van der Waals surface area contributed by atoms with Crippen LogP contribution >= 0.6 is 0 Å². The van der Waals surface area contributed by atoms with Crippen LogP contribution in [0.5, 0.6) is 11.5 Å². The zero-order valence-corrected chi connectivity index (χ0v) is 11.8. The Kier molecular flexibility index (Phi) is 4.27. The van der Waals surface area contributed by atoms with Crippen LogP contribution in [-0.4, -0.2) is 24.2 Å². The maximum atomic E-state index is 12.2. The van der Waals surface area contributed by atoms with Crippen molar-refractivity contribution in [3.8, 4) is 11.5 Å². The molecule has 0 saturated carbocycles. The lowest BCUT2D eigenvalue weighted by Crippen LogP contribution is -2.33. The maximum absolute atomic E-state index is 12.2. The number of ether oxygens (including phenoxy) is 2. The highest BCUT2D eigenvalue weighted by atomic mass is 16.7. The Balaban J connectivity index is 2.31. The van der Waals surface area contributed by atoms with Gasteiger partial charge in [0, 0.05) is 12.6 Å². The van der Waals surface area contributed by atoms with Crippen LogP contribution in [0.25, 0.3) is 0 Å². The third kappa shape index (κ3) is 3.05. The molecule has 3 N–H and O–H groups in total. The minimum absolute atomic E-state index is 0.00130. The molecule has 1 aliphatic heterocycles. The van der Waals surface area contributed by atoms with Gasteiger partial charge in [-0.2, -0.15) is 0 Å². The van der Waals surface area contributed by atoms with Gasteiger partial charge in [-0.05, 0) is 5.92 Å². The number of hydrogen-bond acceptors (Lipinski definition) is 6. The lowest BCUT2D eigenvalue weighted by Gasteiger charge is -2.18. The second kappa shape index (κ2) is 5.96. The molecule has 21 heavy (non-hydrogen) atoms. The number of nitro groups is 1. The number of nitrogens with one attached hydrogen (secondary N) is 1. The van der Waals surface area contributed by atoms with E-state index in [4.69, 9.17) is 15.2 Å². The number of nitro benzene ring substituents is 1. The van der Waals surface area contributed by atoms with E-state index >= 15 is 0 Å². The summed E-state index contributed by atoms with van der Waals surface area (Å²) in [6.07, 6.45) is 0. The molecule has 1 aliphatic rings. The Morgan fingerprint density at radius 2 is 2.05 bits per heavy atom. The van der Waals surface area contributed by atoms with Crippen molar-refractivity contribution in [1.29, 1.82) is 0 Å². The van der Waals surface area contributed by atoms with E-state index in [0.29, 0.717) is 11.5 Å². The Morgan fingerprint density at radius 3 is 2.57 bits per heavy atom. The van der Waals surface area contributed by atoms with Gasteiger partial charge in [-0.15, -0.1) is 0 Å². The molecule has 1 heterocycles. The minimum Gasteiger partial charge on any atom is -0.454 e. The van der Waals surface area contributed by atoms with Gasteiger partial charge in [0.05, 0.1) is 16.9 Å². The molecule has 8 nitrogen and oxygen atoms in total. The van der Waals surface area contributed by atoms with Crippen molar-refractivity contribution in [2.75, 3.05) is 18.7 Å². The summed E-state index contributed by atoms with van der Waals surface area (Å²) in [4.78, 5) is 22.7. The number of fused-ring (bicyclic) bond motifs is 1. The fourth-order valence-electron chi connectivity index (χ4n) is 2.09. The smallest absolute Gasteiger partial charge is 0.296 e. The average molecular weight is 295 g/mol. The number of hydrogen-bond donors (Lipinski definition) is 2. The first kappa shape index (κ1) is 15.0. The predicted octanol–water partition coefficient (Wildman–Crippen LogP) is 1.49. The first-order valence-electron chi connectivity index (χ1n) is 6.53. The predicted molar refractivity (Wildman–Crippen MR) is 75.2 cm³/mol. The van der Waals surface area contributed by atoms with Gasteiger partial charge in [0.2, 0.25) is 12.7 Å². The highest BCUT2D eigenvalue weighted by Crippen LogP contribution is 2.40. The van der Waals surface area contributed by atoms with E-state index < -0.39 is 10.8 Å². The maximum Gasteiger partial charge on any atom is 0.296 e. The number of nitrogens with two attached hydrogens (primary N) is 1. The number of carbonyl (C=O) groups is 1. The van der Waals surface area contributed by atoms with Crippen LogP contribution in [0.1, 0.15) is 13.8 Å². The summed E-state index contributed by atoms with van der Waals surface area (Å²) in [5, 5.41) is 13.7. The molecular weight excluding hydrogens is 278 g/mol. The summed E-state index contributed by atoms with van der Waals surface area (Å²) in [6, 6.07) is 2.64. The Bertz CT molecular complexity index is 573. The SMILES string of the molecule is CC(C)C(CN)C(=O)Nc1cc2c(cc1[N+](=O)[O-])OCO2. The van der Waals surface area contributed by atoms with E-state index in [-0.39, 0.29) is 36.5 Å². The van der Waals surface area contributed by atoms with Crippen LogP contribution in [0.2, 0.25) is 0 Å². The largest absolute Gasteiger partial charge is 0.454 e. The molecule has 0 aliphatic carbocycles. The standard InChI is InChI=1S/C13H17N3O5/c1-7(2)8(5-14)13(17)15-9-3-11-12(21-6-20-11)4-10(9)16(18)19/h3-4,7-8H,5-6,14H2,1-2H3,(H,15,17). The van der Waals surface area contributed by atoms with Gasteiger partial charge in [-0.3, -0.25) is 14.9 Å². The lowest BCUT2D eigenvalue weighted by molar-refractivity contribution is -0.384. The van der Waals surface area contributed by atoms with Crippen molar-refractivity contribution in [1.82, 2.24) is 0 Å². The quantitative estimate of drug-likeness (QED) is 0.628. The van der Waals surface area contributed by atoms with Crippen LogP contribution < -0.4 is 20.5 Å². The normalized spacial score (nSPS) is 14.1. The number of rotatable bonds is 5. The summed E-state index contributed by atoms with van der Waals surface area (Å²) >= 11 is 0. The Morgan fingerprint density at radius 1 is 1.43 bits per heavy atom. The monoisotopic (exact) mass is 295 g/mol. The van der Waals surface area contributed by atoms with Gasteiger partial charge < -0.3 is 20.5 Å². The molecule has 0 bridgehead atoms. The van der Waals surface area contributed by atoms with Gasteiger partial charge >= 0.3 is 0 Å². The van der Waals surface area contributed by atoms with Gasteiger partial charge in [0.15, 0.2) is 11.5 Å². The van der Waals surface area contributed by atoms with Crippen LogP contribution in [-0.2, 0) is 4.79 Å². The zero-order valence-electron chi connectivity index (χ0n) is 11.8. The van der Waals surface area contributed by atoms with Crippen LogP contribution in [0.4, 0.5) is 11.4 Å². The van der Waals surface area contributed by atoms with E-state index in [9.17, 15) is 14.9 Å². The van der Waals surface area contributed by atoms with Crippen molar-refractivity contribution in [2.45, 2.75) is 13.8 Å². The molecule has 1 aromatic carbocycles. The molecule has 1 atom stereocenters. The van der Waals surface area contributed by atoms with Crippen molar-refractivity contribution < 1.29 is 19.2 Å². The molecule has 0 aromatic heterocycles. The summed E-state index contributed by atoms with van der Waals surface area (Å²) < 4.78 is 10.3. The van der Waals surface area contributed by atoms with Crippen LogP contribution in [0.3, 0.4) is 0 Å². The second-order valence-corrected chi connectivity index (χ2v) is 5.06. The number of amides is 1. The van der Waals surface area contributed by atoms with Crippen LogP contribution in [0, 0.1) is 22.0 Å². The van der Waals surface area contributed by atoms with E-state index in [2.05, 4.69) is 5.32 Å². The molecule has 8 heteroatoms. The van der Waals surface area contributed by atoms with Gasteiger partial charge in [-0.25, -0.2) is 0 Å². The third-order valence-corrected chi connectivity index (χ3v) is 3.34. The van der Waals surface area contributed by atoms with E-state index in [1.807, 2.05) is 13.8 Å². The van der Waals surface area contributed by atoms with E-state index in [0.717, 1.165) is 0 Å². The highest BCUT2D eigenvalue weighted by Gasteiger charge is 2.27. The molecule has 1 aromatic rings. The molecule has 0 saturated heterocycles. The zero-order chi connectivity index (χ0) is 15.6. The molecule has 114 valence electrons. The first-order chi connectivity index (χ1) is 9.93. The van der Waals surface area contributed by atoms with Crippen LogP contribution in [0.15, 0.2) is 12.1 Å². The molecular formula is C13H17N3O5. The summed E-state index contributed by atoms with van der Waals surface area (Å²) in [5.41, 5.74) is 5.41. The van der Waals surface area contributed by atoms with Gasteiger partial charge in [0.1, 0.15) is 5.69 Å². The summed E-state index contributed by atoms with van der Waals surface area (Å²) in [7, 11) is 0. The number of anilines is 1. The van der Waals surface area contributed by atoms with Crippen molar-refractivity contribution in [3.05, 3.63) is 22.2 Å². The van der Waals surface area contributed by atoms with Crippen molar-refractivity contribution >= 4 is 17.3 Å². The number of nitrogens with zero attached hydrogens (tertiary/aromatic N) is 1. The number of carbonyl (C=O) groups excluding carboxylic acids is 1. The first-order valence-corrected chi connectivity index (χ1v) is 6.53. The topological polar surface area (TPSA) is 117 Å². The van der Waals surface area contributed by atoms with Gasteiger partial charge in [0.25, 0.3) is 5.69 Å².